The van der Waals surface area contributed by atoms with Crippen LogP contribution in [0.2, 0.25) is 0 Å². The lowest BCUT2D eigenvalue weighted by atomic mass is 10.1. The zero-order chi connectivity index (χ0) is 15.6. The number of carboxylic acid groups (broad SMARTS) is 1. The van der Waals surface area contributed by atoms with E-state index in [2.05, 4.69) is 4.72 Å². The molecule has 1 saturated heterocycles. The quantitative estimate of drug-likeness (QED) is 0.892. The Morgan fingerprint density at radius 1 is 1.38 bits per heavy atom. The molecule has 0 spiro atoms. The van der Waals surface area contributed by atoms with Gasteiger partial charge < -0.3 is 5.11 Å². The van der Waals surface area contributed by atoms with Crippen LogP contribution in [-0.4, -0.2) is 36.4 Å². The molecule has 1 aliphatic heterocycles. The van der Waals surface area contributed by atoms with Crippen molar-refractivity contribution in [3.05, 3.63) is 29.3 Å². The average molecular weight is 312 g/mol. The monoisotopic (exact) mass is 312 g/mol. The van der Waals surface area contributed by atoms with Crippen LogP contribution in [0.5, 0.6) is 0 Å². The number of aromatic carboxylic acids is 1. The molecule has 7 heteroatoms. The van der Waals surface area contributed by atoms with Gasteiger partial charge in [-0.15, -0.1) is 0 Å². The molecule has 1 heterocycles. The van der Waals surface area contributed by atoms with Gasteiger partial charge >= 0.3 is 16.2 Å². The number of nitrogens with zero attached hydrogens (tertiary/aromatic N) is 1. The highest BCUT2D eigenvalue weighted by atomic mass is 32.2. The fraction of sp³-hybridized carbons (Fsp3) is 0.500. The molecule has 0 radical (unpaired) electrons. The second-order valence-corrected chi connectivity index (χ2v) is 7.02. The molecule has 0 saturated carbocycles. The number of carboxylic acids is 1. The van der Waals surface area contributed by atoms with Gasteiger partial charge in [-0.25, -0.2) is 4.79 Å². The van der Waals surface area contributed by atoms with E-state index in [-0.39, 0.29) is 17.3 Å². The molecule has 1 fully saturated rings. The zero-order valence-corrected chi connectivity index (χ0v) is 13.0. The van der Waals surface area contributed by atoms with Gasteiger partial charge in [0.25, 0.3) is 0 Å². The van der Waals surface area contributed by atoms with Crippen molar-refractivity contribution in [3.8, 4) is 0 Å². The Hall–Kier alpha value is -1.60. The lowest BCUT2D eigenvalue weighted by Crippen LogP contribution is -2.44. The molecule has 0 amide bonds. The zero-order valence-electron chi connectivity index (χ0n) is 12.2. The Morgan fingerprint density at radius 3 is 2.71 bits per heavy atom. The Labute approximate surface area is 125 Å². The third kappa shape index (κ3) is 3.54. The molecule has 1 aromatic rings. The molecular formula is C14H20N2O4S. The predicted molar refractivity (Wildman–Crippen MR) is 80.7 cm³/mol. The van der Waals surface area contributed by atoms with Gasteiger partial charge in [0.2, 0.25) is 0 Å². The van der Waals surface area contributed by atoms with Gasteiger partial charge in [0.15, 0.2) is 0 Å². The molecule has 0 bridgehead atoms. The Kier molecular flexibility index (Phi) is 4.53. The molecule has 0 aromatic heterocycles. The van der Waals surface area contributed by atoms with Crippen molar-refractivity contribution in [3.63, 3.8) is 0 Å². The summed E-state index contributed by atoms with van der Waals surface area (Å²) in [5.41, 5.74) is 0.967. The summed E-state index contributed by atoms with van der Waals surface area (Å²) >= 11 is 0. The average Bonchev–Trinajstić information content (AvgIpc) is 2.40. The molecule has 1 aromatic carbocycles. The van der Waals surface area contributed by atoms with Gasteiger partial charge in [-0.2, -0.15) is 12.7 Å². The van der Waals surface area contributed by atoms with Crippen LogP contribution in [0.3, 0.4) is 0 Å². The lowest BCUT2D eigenvalue weighted by molar-refractivity contribution is 0.0696. The largest absolute Gasteiger partial charge is 0.478 e. The van der Waals surface area contributed by atoms with Crippen LogP contribution in [0.15, 0.2) is 18.2 Å². The first kappa shape index (κ1) is 15.8. The third-order valence-electron chi connectivity index (χ3n) is 3.77. The molecule has 21 heavy (non-hydrogen) atoms. The van der Waals surface area contributed by atoms with Crippen LogP contribution >= 0.6 is 0 Å². The molecule has 0 aliphatic carbocycles. The van der Waals surface area contributed by atoms with E-state index in [4.69, 9.17) is 5.11 Å². The Balaban J connectivity index is 2.24. The molecule has 1 unspecified atom stereocenters. The van der Waals surface area contributed by atoms with Crippen molar-refractivity contribution in [2.45, 2.75) is 39.2 Å². The fourth-order valence-corrected chi connectivity index (χ4v) is 4.04. The number of piperidine rings is 1. The third-order valence-corrected chi connectivity index (χ3v) is 5.42. The van der Waals surface area contributed by atoms with Crippen molar-refractivity contribution < 1.29 is 18.3 Å². The first-order valence-corrected chi connectivity index (χ1v) is 8.39. The second kappa shape index (κ2) is 6.03. The van der Waals surface area contributed by atoms with E-state index in [1.807, 2.05) is 6.92 Å². The molecule has 1 aliphatic rings. The summed E-state index contributed by atoms with van der Waals surface area (Å²) < 4.78 is 28.7. The van der Waals surface area contributed by atoms with Crippen molar-refractivity contribution >= 4 is 21.9 Å². The first-order valence-electron chi connectivity index (χ1n) is 6.95. The lowest BCUT2D eigenvalue weighted by Gasteiger charge is -2.32. The minimum atomic E-state index is -3.65. The second-order valence-electron chi connectivity index (χ2n) is 5.40. The van der Waals surface area contributed by atoms with Crippen molar-refractivity contribution in [1.29, 1.82) is 0 Å². The van der Waals surface area contributed by atoms with Gasteiger partial charge in [-0.3, -0.25) is 4.72 Å². The number of anilines is 1. The fourth-order valence-electron chi connectivity index (χ4n) is 2.55. The topological polar surface area (TPSA) is 86.7 Å². The smallest absolute Gasteiger partial charge is 0.336 e. The normalized spacial score (nSPS) is 20.2. The van der Waals surface area contributed by atoms with Crippen molar-refractivity contribution in [2.24, 2.45) is 0 Å². The first-order chi connectivity index (χ1) is 9.81. The van der Waals surface area contributed by atoms with E-state index in [1.165, 1.54) is 10.4 Å². The van der Waals surface area contributed by atoms with E-state index < -0.39 is 16.2 Å². The van der Waals surface area contributed by atoms with Gasteiger partial charge in [0.1, 0.15) is 0 Å². The summed E-state index contributed by atoms with van der Waals surface area (Å²) in [5.74, 6) is -1.07. The summed E-state index contributed by atoms with van der Waals surface area (Å²) in [6.07, 6.45) is 2.72. The summed E-state index contributed by atoms with van der Waals surface area (Å²) in [6.45, 7) is 4.05. The molecule has 2 rings (SSSR count). The van der Waals surface area contributed by atoms with E-state index in [9.17, 15) is 13.2 Å². The maximum Gasteiger partial charge on any atom is 0.336 e. The number of carbonyl (C=O) groups is 1. The minimum Gasteiger partial charge on any atom is -0.478 e. The molecule has 1 atom stereocenters. The van der Waals surface area contributed by atoms with E-state index in [1.54, 1.807) is 19.1 Å². The van der Waals surface area contributed by atoms with Crippen molar-refractivity contribution in [2.75, 3.05) is 11.3 Å². The van der Waals surface area contributed by atoms with E-state index in [0.717, 1.165) is 19.3 Å². The number of hydrogen-bond acceptors (Lipinski definition) is 3. The van der Waals surface area contributed by atoms with Gasteiger partial charge in [-0.05, 0) is 44.4 Å². The SMILES string of the molecule is Cc1ccc(NS(=O)(=O)N2CCCCC2C)cc1C(=O)O. The number of aryl methyl sites for hydroxylation is 1. The molecule has 6 nitrogen and oxygen atoms in total. The van der Waals surface area contributed by atoms with Gasteiger partial charge in [0.05, 0.1) is 11.3 Å². The summed E-state index contributed by atoms with van der Waals surface area (Å²) in [7, 11) is -3.65. The maximum absolute atomic E-state index is 12.4. The minimum absolute atomic E-state index is 0.0411. The van der Waals surface area contributed by atoms with Crippen LogP contribution in [0.4, 0.5) is 5.69 Å². The molecule has 2 N–H and O–H groups in total. The highest BCUT2D eigenvalue weighted by Crippen LogP contribution is 2.23. The van der Waals surface area contributed by atoms with Crippen LogP contribution < -0.4 is 4.72 Å². The number of benzene rings is 1. The summed E-state index contributed by atoms with van der Waals surface area (Å²) in [5, 5.41) is 9.09. The maximum atomic E-state index is 12.4. The van der Waals surface area contributed by atoms with Gasteiger partial charge in [-0.1, -0.05) is 12.5 Å². The summed E-state index contributed by atoms with van der Waals surface area (Å²) in [6, 6.07) is 4.49. The molecule has 116 valence electrons. The predicted octanol–water partition coefficient (Wildman–Crippen LogP) is 2.22. The molecular weight excluding hydrogens is 292 g/mol. The number of nitrogens with one attached hydrogen (secondary N) is 1. The highest BCUT2D eigenvalue weighted by molar-refractivity contribution is 7.90. The highest BCUT2D eigenvalue weighted by Gasteiger charge is 2.29. The number of rotatable bonds is 4. The van der Waals surface area contributed by atoms with Crippen LogP contribution in [-0.2, 0) is 10.2 Å². The van der Waals surface area contributed by atoms with Crippen LogP contribution in [0.1, 0.15) is 42.1 Å². The van der Waals surface area contributed by atoms with E-state index >= 15 is 0 Å². The Bertz CT molecular complexity index is 642. The van der Waals surface area contributed by atoms with Gasteiger partial charge in [0, 0.05) is 12.6 Å². The summed E-state index contributed by atoms with van der Waals surface area (Å²) in [4.78, 5) is 11.1. The van der Waals surface area contributed by atoms with Crippen LogP contribution in [0, 0.1) is 6.92 Å². The van der Waals surface area contributed by atoms with Crippen LogP contribution in [0.25, 0.3) is 0 Å². The van der Waals surface area contributed by atoms with E-state index in [0.29, 0.717) is 12.1 Å². The standard InChI is InChI=1S/C14H20N2O4S/c1-10-6-7-12(9-13(10)14(17)18)15-21(19,20)16-8-4-3-5-11(16)2/h6-7,9,11,15H,3-5,8H2,1-2H3,(H,17,18). The number of hydrogen-bond donors (Lipinski definition) is 2. The Morgan fingerprint density at radius 2 is 2.10 bits per heavy atom. The van der Waals surface area contributed by atoms with Crippen molar-refractivity contribution in [1.82, 2.24) is 4.31 Å².